The van der Waals surface area contributed by atoms with E-state index in [4.69, 9.17) is 0 Å². The van der Waals surface area contributed by atoms with Crippen molar-refractivity contribution in [2.75, 3.05) is 0 Å². The molecule has 1 aromatic heterocycles. The largest absolute Gasteiger partial charge is 0.265 e. The summed E-state index contributed by atoms with van der Waals surface area (Å²) in [5.41, 5.74) is 1.32. The van der Waals surface area contributed by atoms with Gasteiger partial charge in [0, 0.05) is 12.4 Å². The minimum Gasteiger partial charge on any atom is -0.265 e. The summed E-state index contributed by atoms with van der Waals surface area (Å²) < 4.78 is 0. The summed E-state index contributed by atoms with van der Waals surface area (Å²) in [7, 11) is 0. The second kappa shape index (κ2) is 49.5. The zero-order chi connectivity index (χ0) is 20.8. The maximum atomic E-state index is 3.78. The fraction of sp³-hybridized carbons (Fsp3) is 0.542. The molecule has 1 heterocycles. The molecule has 0 unspecified atom stereocenters. The lowest BCUT2D eigenvalue weighted by atomic mass is 10.2. The van der Waals surface area contributed by atoms with E-state index in [-0.39, 0.29) is 0 Å². The van der Waals surface area contributed by atoms with Gasteiger partial charge < -0.3 is 0 Å². The van der Waals surface area contributed by atoms with Gasteiger partial charge >= 0.3 is 0 Å². The van der Waals surface area contributed by atoms with E-state index in [1.807, 2.05) is 77.9 Å². The summed E-state index contributed by atoms with van der Waals surface area (Å²) in [6.45, 7) is 22.6. The van der Waals surface area contributed by atoms with Gasteiger partial charge in [-0.2, -0.15) is 0 Å². The van der Waals surface area contributed by atoms with Crippen LogP contribution in [0.1, 0.15) is 87.6 Å². The van der Waals surface area contributed by atoms with E-state index in [0.29, 0.717) is 0 Å². The van der Waals surface area contributed by atoms with E-state index in [2.05, 4.69) is 51.7 Å². The highest BCUT2D eigenvalue weighted by Crippen LogP contribution is 1.92. The predicted molar refractivity (Wildman–Crippen MR) is 121 cm³/mol. The molecule has 0 aliphatic carbocycles. The van der Waals surface area contributed by atoms with Crippen molar-refractivity contribution in [2.45, 2.75) is 89.0 Å². The number of pyridine rings is 1. The van der Waals surface area contributed by atoms with Gasteiger partial charge in [-0.25, -0.2) is 0 Å². The average Bonchev–Trinajstić information content (AvgIpc) is 2.70. The van der Waals surface area contributed by atoms with Crippen LogP contribution < -0.4 is 0 Å². The molecule has 0 aliphatic heterocycles. The second-order valence-corrected chi connectivity index (χ2v) is 4.09. The highest BCUT2D eigenvalue weighted by Gasteiger charge is 1.72. The summed E-state index contributed by atoms with van der Waals surface area (Å²) >= 11 is 0. The van der Waals surface area contributed by atoms with Crippen LogP contribution in [0.4, 0.5) is 0 Å². The van der Waals surface area contributed by atoms with Crippen LogP contribution in [0, 0.1) is 6.92 Å². The van der Waals surface area contributed by atoms with Crippen LogP contribution in [0.2, 0.25) is 0 Å². The third-order valence-electron chi connectivity index (χ3n) is 1.51. The van der Waals surface area contributed by atoms with E-state index in [0.717, 1.165) is 0 Å². The van der Waals surface area contributed by atoms with Crippen molar-refractivity contribution in [1.82, 2.24) is 4.98 Å². The second-order valence-electron chi connectivity index (χ2n) is 4.09. The molecule has 0 saturated carbocycles. The highest BCUT2D eigenvalue weighted by molar-refractivity contribution is 5.11. The Hall–Kier alpha value is -1.63. The summed E-state index contributed by atoms with van der Waals surface area (Å²) in [6.07, 6.45) is 6.00. The Labute approximate surface area is 160 Å². The molecule has 148 valence electrons. The first-order valence-corrected chi connectivity index (χ1v) is 10.1. The van der Waals surface area contributed by atoms with Gasteiger partial charge in [0.05, 0.1) is 0 Å². The maximum Gasteiger partial charge on any atom is 0.0267 e. The van der Waals surface area contributed by atoms with Gasteiger partial charge in [0.2, 0.25) is 0 Å². The van der Waals surface area contributed by atoms with Crippen molar-refractivity contribution in [3.63, 3.8) is 0 Å². The van der Waals surface area contributed by atoms with Gasteiger partial charge in [-0.1, -0.05) is 124 Å². The number of rotatable bonds is 0. The lowest BCUT2D eigenvalue weighted by molar-refractivity contribution is 1.09. The summed E-state index contributed by atoms with van der Waals surface area (Å²) in [5, 5.41) is 0. The lowest BCUT2D eigenvalue weighted by Gasteiger charge is -1.82. The molecular formula is C24H47N. The summed E-state index contributed by atoms with van der Waals surface area (Å²) in [5.74, 6) is 0. The third-order valence-corrected chi connectivity index (χ3v) is 1.51. The Bertz CT molecular complexity index is 301. The van der Waals surface area contributed by atoms with Gasteiger partial charge in [-0.3, -0.25) is 4.98 Å². The van der Waals surface area contributed by atoms with E-state index in [1.165, 1.54) is 18.4 Å². The molecule has 0 atom stereocenters. The SMILES string of the molecule is CC.CC.CC.CCC.CCC.Cc1ccccc1.c1ccncc1. The van der Waals surface area contributed by atoms with Crippen LogP contribution in [0.3, 0.4) is 0 Å². The fourth-order valence-corrected chi connectivity index (χ4v) is 0.847. The molecule has 0 amide bonds. The van der Waals surface area contributed by atoms with Crippen molar-refractivity contribution in [2.24, 2.45) is 0 Å². The van der Waals surface area contributed by atoms with Crippen LogP contribution in [0.5, 0.6) is 0 Å². The zero-order valence-corrected chi connectivity index (χ0v) is 19.1. The first kappa shape index (κ1) is 34.7. The first-order chi connectivity index (χ1) is 12.2. The minimum absolute atomic E-state index is 1.25. The van der Waals surface area contributed by atoms with Crippen molar-refractivity contribution >= 4 is 0 Å². The Morgan fingerprint density at radius 3 is 0.960 bits per heavy atom. The Kier molecular flexibility index (Phi) is 68.6. The molecule has 0 aliphatic rings. The standard InChI is InChI=1S/C7H8.C5H5N.2C3H8.3C2H6/c1-7-5-3-2-4-6-7;1-2-4-6-5-3-1;2*1-3-2;3*1-2/h2-6H,1H3;1-5H;2*3H2,1-2H3;3*1-2H3. The van der Waals surface area contributed by atoms with Crippen molar-refractivity contribution in [1.29, 1.82) is 0 Å². The van der Waals surface area contributed by atoms with Crippen molar-refractivity contribution < 1.29 is 0 Å². The van der Waals surface area contributed by atoms with Crippen LogP contribution >= 0.6 is 0 Å². The number of hydrogen-bond acceptors (Lipinski definition) is 1. The monoisotopic (exact) mass is 349 g/mol. The van der Waals surface area contributed by atoms with Gasteiger partial charge in [-0.05, 0) is 19.1 Å². The smallest absolute Gasteiger partial charge is 0.0267 e. The normalized spacial score (nSPS) is 6.52. The van der Waals surface area contributed by atoms with E-state index in [9.17, 15) is 0 Å². The number of aryl methyl sites for hydroxylation is 1. The molecule has 2 rings (SSSR count). The molecule has 1 heteroatoms. The zero-order valence-electron chi connectivity index (χ0n) is 19.1. The predicted octanol–water partition coefficient (Wildman–Crippen LogP) is 8.99. The number of hydrogen-bond donors (Lipinski definition) is 0. The molecule has 1 aromatic carbocycles. The average molecular weight is 350 g/mol. The Balaban J connectivity index is -0.0000000678. The van der Waals surface area contributed by atoms with Crippen molar-refractivity contribution in [3.05, 3.63) is 66.5 Å². The van der Waals surface area contributed by atoms with Crippen molar-refractivity contribution in [3.8, 4) is 0 Å². The van der Waals surface area contributed by atoms with Crippen LogP contribution in [-0.4, -0.2) is 4.98 Å². The van der Waals surface area contributed by atoms with Gasteiger partial charge in [0.15, 0.2) is 0 Å². The Morgan fingerprint density at radius 2 is 0.840 bits per heavy atom. The van der Waals surface area contributed by atoms with Crippen LogP contribution in [-0.2, 0) is 0 Å². The summed E-state index contributed by atoms with van der Waals surface area (Å²) in [6, 6.07) is 16.0. The maximum absolute atomic E-state index is 3.78. The van der Waals surface area contributed by atoms with E-state index in [1.54, 1.807) is 12.4 Å². The molecule has 1 nitrogen and oxygen atoms in total. The fourth-order valence-electron chi connectivity index (χ4n) is 0.847. The van der Waals surface area contributed by atoms with E-state index < -0.39 is 0 Å². The topological polar surface area (TPSA) is 12.9 Å². The molecule has 2 aromatic rings. The number of aromatic nitrogens is 1. The summed E-state index contributed by atoms with van der Waals surface area (Å²) in [4.78, 5) is 3.78. The van der Waals surface area contributed by atoms with Gasteiger partial charge in [-0.15, -0.1) is 0 Å². The lowest BCUT2D eigenvalue weighted by Crippen LogP contribution is -1.62. The Morgan fingerprint density at radius 1 is 0.560 bits per heavy atom. The molecular weight excluding hydrogens is 302 g/mol. The molecule has 0 saturated heterocycles. The van der Waals surface area contributed by atoms with Crippen LogP contribution in [0.25, 0.3) is 0 Å². The quantitative estimate of drug-likeness (QED) is 0.462. The molecule has 0 bridgehead atoms. The molecule has 0 N–H and O–H groups in total. The van der Waals surface area contributed by atoms with Crippen LogP contribution in [0.15, 0.2) is 60.9 Å². The van der Waals surface area contributed by atoms with Gasteiger partial charge in [0.1, 0.15) is 0 Å². The van der Waals surface area contributed by atoms with Gasteiger partial charge in [0.25, 0.3) is 0 Å². The minimum atomic E-state index is 1.25. The molecule has 25 heavy (non-hydrogen) atoms. The highest BCUT2D eigenvalue weighted by atomic mass is 14.6. The molecule has 0 radical (unpaired) electrons. The molecule has 0 fully saturated rings. The number of nitrogens with zero attached hydrogens (tertiary/aromatic N) is 1. The number of benzene rings is 1. The van der Waals surface area contributed by atoms with E-state index >= 15 is 0 Å². The molecule has 0 spiro atoms. The first-order valence-electron chi connectivity index (χ1n) is 10.1. The third kappa shape index (κ3) is 60.7.